The first-order chi connectivity index (χ1) is 10.5. The number of carbonyl (C=O) groups is 2. The highest BCUT2D eigenvalue weighted by molar-refractivity contribution is 5.78. The van der Waals surface area contributed by atoms with Crippen LogP contribution in [0.5, 0.6) is 0 Å². The summed E-state index contributed by atoms with van der Waals surface area (Å²) in [6.07, 6.45) is 9.62. The standard InChI is InChI=1S/C18H32N2O2/c1-15(2)10-13-20(16(3)21)14-11-18(22)19-12-9-17-7-5-4-6-8-17/h7,15H,4-6,8-14H2,1-3H3,(H,19,22). The summed E-state index contributed by atoms with van der Waals surface area (Å²) < 4.78 is 0. The molecule has 1 aliphatic carbocycles. The predicted molar refractivity (Wildman–Crippen MR) is 90.5 cm³/mol. The van der Waals surface area contributed by atoms with Gasteiger partial charge in [0.05, 0.1) is 0 Å². The van der Waals surface area contributed by atoms with Gasteiger partial charge in [-0.05, 0) is 44.4 Å². The summed E-state index contributed by atoms with van der Waals surface area (Å²) in [5, 5.41) is 2.97. The van der Waals surface area contributed by atoms with E-state index in [1.54, 1.807) is 11.8 Å². The van der Waals surface area contributed by atoms with Crippen molar-refractivity contribution in [2.24, 2.45) is 5.92 Å². The first kappa shape index (κ1) is 18.7. The summed E-state index contributed by atoms with van der Waals surface area (Å²) in [7, 11) is 0. The Morgan fingerprint density at radius 3 is 2.64 bits per heavy atom. The van der Waals surface area contributed by atoms with E-state index in [2.05, 4.69) is 25.2 Å². The number of hydrogen-bond acceptors (Lipinski definition) is 2. The number of amides is 2. The molecule has 2 amide bonds. The van der Waals surface area contributed by atoms with E-state index in [-0.39, 0.29) is 11.8 Å². The van der Waals surface area contributed by atoms with E-state index in [1.807, 2.05) is 0 Å². The maximum Gasteiger partial charge on any atom is 0.221 e. The quantitative estimate of drug-likeness (QED) is 0.665. The van der Waals surface area contributed by atoms with Crippen molar-refractivity contribution in [1.82, 2.24) is 10.2 Å². The highest BCUT2D eigenvalue weighted by atomic mass is 16.2. The molecular weight excluding hydrogens is 276 g/mol. The van der Waals surface area contributed by atoms with Crippen LogP contribution in [0, 0.1) is 5.92 Å². The molecule has 0 aromatic carbocycles. The van der Waals surface area contributed by atoms with Crippen molar-refractivity contribution < 1.29 is 9.59 Å². The monoisotopic (exact) mass is 308 g/mol. The van der Waals surface area contributed by atoms with Gasteiger partial charge < -0.3 is 10.2 Å². The summed E-state index contributed by atoms with van der Waals surface area (Å²) in [6, 6.07) is 0. The lowest BCUT2D eigenvalue weighted by Gasteiger charge is -2.21. The van der Waals surface area contributed by atoms with Crippen LogP contribution >= 0.6 is 0 Å². The van der Waals surface area contributed by atoms with E-state index in [0.29, 0.717) is 18.9 Å². The molecule has 0 aliphatic heterocycles. The van der Waals surface area contributed by atoms with Gasteiger partial charge >= 0.3 is 0 Å². The zero-order valence-electron chi connectivity index (χ0n) is 14.5. The third-order valence-electron chi connectivity index (χ3n) is 4.18. The summed E-state index contributed by atoms with van der Waals surface area (Å²) in [5.74, 6) is 0.674. The molecule has 4 nitrogen and oxygen atoms in total. The van der Waals surface area contributed by atoms with Gasteiger partial charge in [0.1, 0.15) is 0 Å². The van der Waals surface area contributed by atoms with Crippen molar-refractivity contribution in [1.29, 1.82) is 0 Å². The normalized spacial score (nSPS) is 14.6. The lowest BCUT2D eigenvalue weighted by atomic mass is 9.97. The second-order valence-corrected chi connectivity index (χ2v) is 6.65. The Kier molecular flexibility index (Phi) is 8.86. The third-order valence-corrected chi connectivity index (χ3v) is 4.18. The fraction of sp³-hybridized carbons (Fsp3) is 0.778. The molecule has 0 aromatic heterocycles. The molecule has 0 spiro atoms. The van der Waals surface area contributed by atoms with Crippen LogP contribution in [-0.4, -0.2) is 36.3 Å². The van der Waals surface area contributed by atoms with Crippen LogP contribution in [0.1, 0.15) is 65.7 Å². The van der Waals surface area contributed by atoms with Crippen molar-refractivity contribution in [3.8, 4) is 0 Å². The molecule has 0 saturated heterocycles. The van der Waals surface area contributed by atoms with Gasteiger partial charge in [-0.15, -0.1) is 0 Å². The van der Waals surface area contributed by atoms with Gasteiger partial charge in [0.2, 0.25) is 11.8 Å². The van der Waals surface area contributed by atoms with Crippen LogP contribution in [-0.2, 0) is 9.59 Å². The highest BCUT2D eigenvalue weighted by Gasteiger charge is 2.12. The molecule has 1 N–H and O–H groups in total. The smallest absolute Gasteiger partial charge is 0.221 e. The molecular formula is C18H32N2O2. The first-order valence-corrected chi connectivity index (χ1v) is 8.69. The second-order valence-electron chi connectivity index (χ2n) is 6.65. The molecule has 4 heteroatoms. The molecule has 0 unspecified atom stereocenters. The molecule has 1 rings (SSSR count). The Morgan fingerprint density at radius 2 is 2.05 bits per heavy atom. The van der Waals surface area contributed by atoms with Crippen LogP contribution in [0.4, 0.5) is 0 Å². The van der Waals surface area contributed by atoms with Crippen molar-refractivity contribution >= 4 is 11.8 Å². The first-order valence-electron chi connectivity index (χ1n) is 8.69. The van der Waals surface area contributed by atoms with E-state index >= 15 is 0 Å². The zero-order chi connectivity index (χ0) is 16.4. The van der Waals surface area contributed by atoms with Crippen LogP contribution in [0.2, 0.25) is 0 Å². The summed E-state index contributed by atoms with van der Waals surface area (Å²) in [6.45, 7) is 7.85. The van der Waals surface area contributed by atoms with Crippen molar-refractivity contribution in [2.45, 2.75) is 65.7 Å². The zero-order valence-corrected chi connectivity index (χ0v) is 14.5. The summed E-state index contributed by atoms with van der Waals surface area (Å²) in [4.78, 5) is 25.2. The second kappa shape index (κ2) is 10.4. The largest absolute Gasteiger partial charge is 0.356 e. The number of hydrogen-bond donors (Lipinski definition) is 1. The Balaban J connectivity index is 2.19. The van der Waals surface area contributed by atoms with E-state index in [9.17, 15) is 9.59 Å². The van der Waals surface area contributed by atoms with Gasteiger partial charge in [0.15, 0.2) is 0 Å². The third kappa shape index (κ3) is 8.20. The van der Waals surface area contributed by atoms with Gasteiger partial charge in [-0.1, -0.05) is 25.5 Å². The van der Waals surface area contributed by atoms with Gasteiger partial charge in [-0.2, -0.15) is 0 Å². The van der Waals surface area contributed by atoms with Crippen LogP contribution in [0.15, 0.2) is 11.6 Å². The molecule has 1 aliphatic rings. The van der Waals surface area contributed by atoms with E-state index in [0.717, 1.165) is 25.9 Å². The molecule has 0 atom stereocenters. The molecule has 0 heterocycles. The molecule has 0 radical (unpaired) electrons. The Hall–Kier alpha value is -1.32. The fourth-order valence-electron chi connectivity index (χ4n) is 2.66. The fourth-order valence-corrected chi connectivity index (χ4v) is 2.66. The average Bonchev–Trinajstić information content (AvgIpc) is 2.47. The lowest BCUT2D eigenvalue weighted by molar-refractivity contribution is -0.129. The van der Waals surface area contributed by atoms with Crippen LogP contribution in [0.3, 0.4) is 0 Å². The van der Waals surface area contributed by atoms with E-state index in [1.165, 1.54) is 31.3 Å². The summed E-state index contributed by atoms with van der Waals surface area (Å²) >= 11 is 0. The molecule has 126 valence electrons. The van der Waals surface area contributed by atoms with E-state index in [4.69, 9.17) is 0 Å². The topological polar surface area (TPSA) is 49.4 Å². The summed E-state index contributed by atoms with van der Waals surface area (Å²) in [5.41, 5.74) is 1.48. The number of rotatable bonds is 9. The average molecular weight is 308 g/mol. The van der Waals surface area contributed by atoms with E-state index < -0.39 is 0 Å². The van der Waals surface area contributed by atoms with Gasteiger partial charge in [0.25, 0.3) is 0 Å². The molecule has 0 fully saturated rings. The van der Waals surface area contributed by atoms with Crippen molar-refractivity contribution in [2.75, 3.05) is 19.6 Å². The number of carbonyl (C=O) groups excluding carboxylic acids is 2. The minimum Gasteiger partial charge on any atom is -0.356 e. The minimum absolute atomic E-state index is 0.0483. The maximum absolute atomic E-state index is 11.9. The molecule has 0 aromatic rings. The Labute approximate surface area is 135 Å². The Bertz CT molecular complexity index is 389. The van der Waals surface area contributed by atoms with Gasteiger partial charge in [-0.3, -0.25) is 9.59 Å². The van der Waals surface area contributed by atoms with Crippen molar-refractivity contribution in [3.63, 3.8) is 0 Å². The number of nitrogens with one attached hydrogen (secondary N) is 1. The molecule has 22 heavy (non-hydrogen) atoms. The Morgan fingerprint density at radius 1 is 1.27 bits per heavy atom. The minimum atomic E-state index is 0.0483. The van der Waals surface area contributed by atoms with Crippen molar-refractivity contribution in [3.05, 3.63) is 11.6 Å². The van der Waals surface area contributed by atoms with Gasteiger partial charge in [0, 0.05) is 33.0 Å². The molecule has 0 bridgehead atoms. The van der Waals surface area contributed by atoms with Gasteiger partial charge in [-0.25, -0.2) is 0 Å². The maximum atomic E-state index is 11.9. The number of allylic oxidation sites excluding steroid dienone is 1. The lowest BCUT2D eigenvalue weighted by Crippen LogP contribution is -2.35. The predicted octanol–water partition coefficient (Wildman–Crippen LogP) is 3.28. The van der Waals surface area contributed by atoms with Crippen LogP contribution in [0.25, 0.3) is 0 Å². The SMILES string of the molecule is CC(=O)N(CCC(=O)NCCC1=CCCCC1)CCC(C)C. The number of nitrogens with zero attached hydrogens (tertiary/aromatic N) is 1. The van der Waals surface area contributed by atoms with Crippen LogP contribution < -0.4 is 5.32 Å². The molecule has 0 saturated carbocycles. The highest BCUT2D eigenvalue weighted by Crippen LogP contribution is 2.19.